The number of nitrogen functional groups attached to an aromatic ring is 1. The number of anilines is 1. The lowest BCUT2D eigenvalue weighted by Gasteiger charge is -1.99. The average Bonchev–Trinajstić information content (AvgIpc) is 2.90. The zero-order valence-corrected chi connectivity index (χ0v) is 10.3. The van der Waals surface area contributed by atoms with Gasteiger partial charge in [0.1, 0.15) is 10.8 Å². The van der Waals surface area contributed by atoms with Gasteiger partial charge in [0.2, 0.25) is 0 Å². The van der Waals surface area contributed by atoms with Crippen LogP contribution < -0.4 is 5.73 Å². The summed E-state index contributed by atoms with van der Waals surface area (Å²) in [6, 6.07) is 7.66. The van der Waals surface area contributed by atoms with Gasteiger partial charge in [0.25, 0.3) is 0 Å². The summed E-state index contributed by atoms with van der Waals surface area (Å²) >= 11 is 1.55. The van der Waals surface area contributed by atoms with Gasteiger partial charge < -0.3 is 5.73 Å². The summed E-state index contributed by atoms with van der Waals surface area (Å²) in [5.74, 6) is 0.504. The molecule has 0 amide bonds. The van der Waals surface area contributed by atoms with Crippen LogP contribution in [0.3, 0.4) is 0 Å². The first-order valence-corrected chi connectivity index (χ1v) is 6.29. The smallest absolute Gasteiger partial charge is 0.133 e. The van der Waals surface area contributed by atoms with E-state index in [1.165, 1.54) is 0 Å². The summed E-state index contributed by atoms with van der Waals surface area (Å²) < 4.78 is 0. The number of rotatable bonds is 2. The van der Waals surface area contributed by atoms with Crippen molar-refractivity contribution in [3.8, 4) is 21.8 Å². The monoisotopic (exact) mass is 254 g/mol. The summed E-state index contributed by atoms with van der Waals surface area (Å²) in [4.78, 5) is 12.7. The SMILES string of the molecule is Nc1ncccc1-c1nc(-c2cccnc2)cs1. The molecule has 2 N–H and O–H groups in total. The maximum absolute atomic E-state index is 5.84. The third-order valence-electron chi connectivity index (χ3n) is 2.53. The van der Waals surface area contributed by atoms with Crippen molar-refractivity contribution in [2.24, 2.45) is 0 Å². The standard InChI is InChI=1S/C13H10N4S/c14-12-10(4-2-6-16-12)13-17-11(8-18-13)9-3-1-5-15-7-9/h1-8H,(H2,14,16). The predicted octanol–water partition coefficient (Wildman–Crippen LogP) is 2.85. The minimum atomic E-state index is 0.504. The molecule has 0 spiro atoms. The predicted molar refractivity (Wildman–Crippen MR) is 73.0 cm³/mol. The quantitative estimate of drug-likeness (QED) is 0.763. The van der Waals surface area contributed by atoms with E-state index >= 15 is 0 Å². The first kappa shape index (κ1) is 10.9. The summed E-state index contributed by atoms with van der Waals surface area (Å²) in [5.41, 5.74) is 8.63. The molecule has 3 aromatic heterocycles. The second-order valence-corrected chi connectivity index (χ2v) is 4.57. The highest BCUT2D eigenvalue weighted by Crippen LogP contribution is 2.30. The van der Waals surface area contributed by atoms with Gasteiger partial charge in [-0.05, 0) is 24.3 Å². The Bertz CT molecular complexity index is 664. The van der Waals surface area contributed by atoms with Crippen LogP contribution in [0.2, 0.25) is 0 Å². The normalized spacial score (nSPS) is 10.4. The van der Waals surface area contributed by atoms with Crippen molar-refractivity contribution in [3.63, 3.8) is 0 Å². The third kappa shape index (κ3) is 1.96. The second-order valence-electron chi connectivity index (χ2n) is 3.72. The first-order chi connectivity index (χ1) is 8.84. The van der Waals surface area contributed by atoms with Gasteiger partial charge in [-0.25, -0.2) is 9.97 Å². The number of aromatic nitrogens is 3. The van der Waals surface area contributed by atoms with Crippen LogP contribution in [-0.2, 0) is 0 Å². The molecule has 3 heterocycles. The van der Waals surface area contributed by atoms with Gasteiger partial charge in [-0.15, -0.1) is 11.3 Å². The molecular weight excluding hydrogens is 244 g/mol. The lowest BCUT2D eigenvalue weighted by Crippen LogP contribution is -1.92. The van der Waals surface area contributed by atoms with E-state index in [2.05, 4.69) is 15.0 Å². The maximum atomic E-state index is 5.84. The first-order valence-electron chi connectivity index (χ1n) is 5.41. The van der Waals surface area contributed by atoms with Crippen LogP contribution in [0, 0.1) is 0 Å². The largest absolute Gasteiger partial charge is 0.383 e. The van der Waals surface area contributed by atoms with Crippen molar-refractivity contribution in [3.05, 3.63) is 48.2 Å². The number of hydrogen-bond donors (Lipinski definition) is 1. The van der Waals surface area contributed by atoms with Crippen LogP contribution >= 0.6 is 11.3 Å². The lowest BCUT2D eigenvalue weighted by atomic mass is 10.2. The minimum absolute atomic E-state index is 0.504. The molecule has 0 aliphatic heterocycles. The second kappa shape index (κ2) is 4.54. The molecule has 0 unspecified atom stereocenters. The van der Waals surface area contributed by atoms with Crippen molar-refractivity contribution in [1.82, 2.24) is 15.0 Å². The van der Waals surface area contributed by atoms with Crippen molar-refractivity contribution in [1.29, 1.82) is 0 Å². The van der Waals surface area contributed by atoms with Crippen molar-refractivity contribution in [2.75, 3.05) is 5.73 Å². The fraction of sp³-hybridized carbons (Fsp3) is 0. The lowest BCUT2D eigenvalue weighted by molar-refractivity contribution is 1.30. The van der Waals surface area contributed by atoms with E-state index in [4.69, 9.17) is 5.73 Å². The maximum Gasteiger partial charge on any atom is 0.133 e. The van der Waals surface area contributed by atoms with E-state index in [-0.39, 0.29) is 0 Å². The van der Waals surface area contributed by atoms with E-state index in [1.807, 2.05) is 29.6 Å². The Kier molecular flexibility index (Phi) is 2.74. The fourth-order valence-electron chi connectivity index (χ4n) is 1.64. The van der Waals surface area contributed by atoms with Crippen LogP contribution in [0.5, 0.6) is 0 Å². The molecule has 0 saturated heterocycles. The molecule has 0 saturated carbocycles. The van der Waals surface area contributed by atoms with Crippen LogP contribution in [0.4, 0.5) is 5.82 Å². The van der Waals surface area contributed by atoms with Crippen molar-refractivity contribution < 1.29 is 0 Å². The Balaban J connectivity index is 2.03. The van der Waals surface area contributed by atoms with Gasteiger partial charge in [0.15, 0.2) is 0 Å². The summed E-state index contributed by atoms with van der Waals surface area (Å²) in [7, 11) is 0. The van der Waals surface area contributed by atoms with Gasteiger partial charge in [0.05, 0.1) is 11.3 Å². The molecule has 5 heteroatoms. The molecule has 88 valence electrons. The van der Waals surface area contributed by atoms with Crippen molar-refractivity contribution in [2.45, 2.75) is 0 Å². The van der Waals surface area contributed by atoms with E-state index in [0.717, 1.165) is 21.8 Å². The molecule has 0 bridgehead atoms. The summed E-state index contributed by atoms with van der Waals surface area (Å²) in [6.07, 6.45) is 5.22. The molecule has 0 aromatic carbocycles. The highest BCUT2D eigenvalue weighted by Gasteiger charge is 2.09. The highest BCUT2D eigenvalue weighted by molar-refractivity contribution is 7.13. The van der Waals surface area contributed by atoms with Crippen molar-refractivity contribution >= 4 is 17.2 Å². The molecule has 0 atom stereocenters. The minimum Gasteiger partial charge on any atom is -0.383 e. The van der Waals surface area contributed by atoms with Crippen LogP contribution in [0.1, 0.15) is 0 Å². The van der Waals surface area contributed by atoms with E-state index in [9.17, 15) is 0 Å². The van der Waals surface area contributed by atoms with Gasteiger partial charge in [-0.3, -0.25) is 4.98 Å². The zero-order chi connectivity index (χ0) is 12.4. The van der Waals surface area contributed by atoms with E-state index in [1.54, 1.807) is 29.9 Å². The van der Waals surface area contributed by atoms with Gasteiger partial charge in [-0.2, -0.15) is 0 Å². The molecule has 3 aromatic rings. The molecular formula is C13H10N4S. The third-order valence-corrected chi connectivity index (χ3v) is 3.41. The Morgan fingerprint density at radius 2 is 2.00 bits per heavy atom. The fourth-order valence-corrected chi connectivity index (χ4v) is 2.51. The molecule has 0 fully saturated rings. The van der Waals surface area contributed by atoms with Crippen LogP contribution in [0.15, 0.2) is 48.2 Å². The van der Waals surface area contributed by atoms with Gasteiger partial charge in [0, 0.05) is 29.5 Å². The van der Waals surface area contributed by atoms with E-state index < -0.39 is 0 Å². The molecule has 0 aliphatic rings. The number of pyridine rings is 2. The average molecular weight is 254 g/mol. The van der Waals surface area contributed by atoms with Gasteiger partial charge >= 0.3 is 0 Å². The molecule has 3 rings (SSSR count). The number of thiazole rings is 1. The van der Waals surface area contributed by atoms with Crippen LogP contribution in [-0.4, -0.2) is 15.0 Å². The number of hydrogen-bond acceptors (Lipinski definition) is 5. The van der Waals surface area contributed by atoms with E-state index in [0.29, 0.717) is 5.82 Å². The molecule has 18 heavy (non-hydrogen) atoms. The Hall–Kier alpha value is -2.27. The summed E-state index contributed by atoms with van der Waals surface area (Å²) in [5, 5.41) is 2.87. The topological polar surface area (TPSA) is 64.7 Å². The highest BCUT2D eigenvalue weighted by atomic mass is 32.1. The molecule has 4 nitrogen and oxygen atoms in total. The Morgan fingerprint density at radius 3 is 2.78 bits per heavy atom. The zero-order valence-electron chi connectivity index (χ0n) is 9.45. The molecule has 0 aliphatic carbocycles. The Labute approximate surface area is 108 Å². The number of nitrogens with zero attached hydrogens (tertiary/aromatic N) is 3. The van der Waals surface area contributed by atoms with Crippen LogP contribution in [0.25, 0.3) is 21.8 Å². The van der Waals surface area contributed by atoms with Gasteiger partial charge in [-0.1, -0.05) is 0 Å². The molecule has 0 radical (unpaired) electrons. The number of nitrogens with two attached hydrogens (primary N) is 1. The summed E-state index contributed by atoms with van der Waals surface area (Å²) in [6.45, 7) is 0. The Morgan fingerprint density at radius 1 is 1.11 bits per heavy atom.